The summed E-state index contributed by atoms with van der Waals surface area (Å²) in [4.78, 5) is 63.8. The predicted octanol–water partition coefficient (Wildman–Crippen LogP) is 4.44. The van der Waals surface area contributed by atoms with Crippen LogP contribution in [-0.2, 0) is 43.3 Å². The van der Waals surface area contributed by atoms with E-state index in [0.29, 0.717) is 12.1 Å². The molecule has 0 fully saturated rings. The fourth-order valence-electron chi connectivity index (χ4n) is 6.35. The van der Waals surface area contributed by atoms with E-state index in [0.717, 1.165) is 17.5 Å². The summed E-state index contributed by atoms with van der Waals surface area (Å²) in [5.41, 5.74) is 5.74. The topological polar surface area (TPSA) is 189 Å². The minimum atomic E-state index is -1.65. The highest BCUT2D eigenvalue weighted by Crippen LogP contribution is 2.34. The van der Waals surface area contributed by atoms with Gasteiger partial charge in [0.25, 0.3) is 0 Å². The van der Waals surface area contributed by atoms with Crippen LogP contribution in [0.5, 0.6) is 0 Å². The Morgan fingerprint density at radius 2 is 1.62 bits per heavy atom. The van der Waals surface area contributed by atoms with Crippen molar-refractivity contribution in [2.75, 3.05) is 13.2 Å². The average Bonchev–Trinajstić information content (AvgIpc) is 3.62. The Kier molecular flexibility index (Phi) is 16.5. The van der Waals surface area contributed by atoms with Crippen molar-refractivity contribution < 1.29 is 33.8 Å². The molecule has 4 atom stereocenters. The number of hydrogen-bond acceptors (Lipinski definition) is 8. The third kappa shape index (κ3) is 13.6. The van der Waals surface area contributed by atoms with Gasteiger partial charge in [-0.3, -0.25) is 14.4 Å². The molecule has 2 unspecified atom stereocenters. The van der Waals surface area contributed by atoms with Crippen molar-refractivity contribution in [3.8, 4) is 0 Å². The maximum Gasteiger partial charge on any atom is 0.408 e. The highest BCUT2D eigenvalue weighted by Gasteiger charge is 2.52. The maximum absolute atomic E-state index is 15.4. The number of aromatic amines is 1. The molecule has 290 valence electrons. The standard InChI is InChI=1S/C40H58N6O7/c1-7-8-19-35(48)43-24-34(47)40(22-28(2)3,26-52-25-30-17-13-10-14-18-30)46(33(36(41)49)21-31-23-42-27-44-31)37(50)32(20-29-15-11-9-12-16-29)45-38(51)53-39(4,5)6/h9-18,23,27-28,32-34,47H,7-8,19-22,24-26H2,1-6H3,(H2,41,49)(H,42,44)(H,43,48)(H,45,51)/t32-,33-,34?,40?/m0/s1. The summed E-state index contributed by atoms with van der Waals surface area (Å²) in [5, 5.41) is 18.0. The van der Waals surface area contributed by atoms with Crippen LogP contribution >= 0.6 is 0 Å². The summed E-state index contributed by atoms with van der Waals surface area (Å²) in [6, 6.07) is 15.9. The molecule has 0 saturated heterocycles. The summed E-state index contributed by atoms with van der Waals surface area (Å²) in [7, 11) is 0. The fourth-order valence-corrected chi connectivity index (χ4v) is 6.35. The number of nitrogens with zero attached hydrogens (tertiary/aromatic N) is 2. The quantitative estimate of drug-likeness (QED) is 0.106. The van der Waals surface area contributed by atoms with Crippen LogP contribution in [0.25, 0.3) is 0 Å². The number of ether oxygens (including phenoxy) is 2. The highest BCUT2D eigenvalue weighted by atomic mass is 16.6. The van der Waals surface area contributed by atoms with Crippen molar-refractivity contribution in [3.05, 3.63) is 90.0 Å². The van der Waals surface area contributed by atoms with Crippen LogP contribution in [0.3, 0.4) is 0 Å². The van der Waals surface area contributed by atoms with Gasteiger partial charge in [-0.05, 0) is 50.7 Å². The van der Waals surface area contributed by atoms with E-state index >= 15 is 4.79 Å². The number of nitrogens with one attached hydrogen (secondary N) is 3. The third-order valence-corrected chi connectivity index (χ3v) is 8.69. The predicted molar refractivity (Wildman–Crippen MR) is 202 cm³/mol. The van der Waals surface area contributed by atoms with Crippen LogP contribution in [-0.4, -0.2) is 86.3 Å². The molecule has 13 heteroatoms. The smallest absolute Gasteiger partial charge is 0.408 e. The normalized spacial score (nSPS) is 14.4. The lowest BCUT2D eigenvalue weighted by Gasteiger charge is -2.51. The van der Waals surface area contributed by atoms with Gasteiger partial charge in [0.1, 0.15) is 17.7 Å². The third-order valence-electron chi connectivity index (χ3n) is 8.69. The summed E-state index contributed by atoms with van der Waals surface area (Å²) in [5.74, 6) is -1.96. The molecular weight excluding hydrogens is 676 g/mol. The van der Waals surface area contributed by atoms with Gasteiger partial charge in [-0.1, -0.05) is 87.9 Å². The van der Waals surface area contributed by atoms with E-state index in [1.165, 1.54) is 17.4 Å². The molecule has 1 heterocycles. The molecular formula is C40H58N6O7. The van der Waals surface area contributed by atoms with Crippen molar-refractivity contribution in [3.63, 3.8) is 0 Å². The highest BCUT2D eigenvalue weighted by molar-refractivity contribution is 5.92. The van der Waals surface area contributed by atoms with Crippen molar-refractivity contribution in [2.45, 2.75) is 116 Å². The number of amides is 4. The average molecular weight is 735 g/mol. The summed E-state index contributed by atoms with van der Waals surface area (Å²) >= 11 is 0. The van der Waals surface area contributed by atoms with E-state index in [1.54, 1.807) is 20.8 Å². The Labute approximate surface area is 313 Å². The lowest BCUT2D eigenvalue weighted by atomic mass is 9.79. The number of rotatable bonds is 21. The molecule has 0 aliphatic heterocycles. The van der Waals surface area contributed by atoms with Gasteiger partial charge in [-0.2, -0.15) is 0 Å². The molecule has 4 amide bonds. The van der Waals surface area contributed by atoms with Crippen LogP contribution in [0.4, 0.5) is 4.79 Å². The summed E-state index contributed by atoms with van der Waals surface area (Å²) in [6.45, 7) is 10.6. The van der Waals surface area contributed by atoms with Gasteiger partial charge in [-0.15, -0.1) is 0 Å². The Balaban J connectivity index is 2.26. The molecule has 0 radical (unpaired) electrons. The van der Waals surface area contributed by atoms with Crippen molar-refractivity contribution in [1.82, 2.24) is 25.5 Å². The van der Waals surface area contributed by atoms with E-state index in [4.69, 9.17) is 15.2 Å². The van der Waals surface area contributed by atoms with E-state index < -0.39 is 47.2 Å². The molecule has 53 heavy (non-hydrogen) atoms. The van der Waals surface area contributed by atoms with Gasteiger partial charge >= 0.3 is 6.09 Å². The lowest BCUT2D eigenvalue weighted by Crippen LogP contribution is -2.71. The number of carbonyl (C=O) groups is 4. The number of carbonyl (C=O) groups excluding carboxylic acids is 4. The van der Waals surface area contributed by atoms with E-state index in [9.17, 15) is 19.5 Å². The largest absolute Gasteiger partial charge is 0.444 e. The Morgan fingerprint density at radius 3 is 2.17 bits per heavy atom. The van der Waals surface area contributed by atoms with Gasteiger partial charge in [-0.25, -0.2) is 9.78 Å². The van der Waals surface area contributed by atoms with Crippen LogP contribution in [0, 0.1) is 5.92 Å². The number of nitrogens with two attached hydrogens (primary N) is 1. The second-order valence-electron chi connectivity index (χ2n) is 14.9. The van der Waals surface area contributed by atoms with E-state index in [1.807, 2.05) is 81.4 Å². The van der Waals surface area contributed by atoms with Crippen molar-refractivity contribution in [2.24, 2.45) is 11.7 Å². The zero-order valence-electron chi connectivity index (χ0n) is 32.0. The zero-order chi connectivity index (χ0) is 39.0. The fraction of sp³-hybridized carbons (Fsp3) is 0.525. The monoisotopic (exact) mass is 734 g/mol. The molecule has 0 spiro atoms. The van der Waals surface area contributed by atoms with Gasteiger partial charge in [0, 0.05) is 37.7 Å². The first-order valence-electron chi connectivity index (χ1n) is 18.3. The molecule has 0 aliphatic rings. The number of hydrogen-bond donors (Lipinski definition) is 5. The first kappa shape index (κ1) is 42.7. The number of aliphatic hydroxyl groups excluding tert-OH is 1. The summed E-state index contributed by atoms with van der Waals surface area (Å²) in [6.07, 6.45) is 2.50. The van der Waals surface area contributed by atoms with Crippen molar-refractivity contribution in [1.29, 1.82) is 0 Å². The number of aliphatic hydroxyl groups is 1. The SMILES string of the molecule is CCCCC(=O)NCC(O)C(COCc1ccccc1)(CC(C)C)N(C(=O)[C@H](Cc1ccccc1)NC(=O)OC(C)(C)C)[C@@H](Cc1cnc[nH]1)C(N)=O. The number of primary amides is 1. The molecule has 13 nitrogen and oxygen atoms in total. The van der Waals surface area contributed by atoms with E-state index in [2.05, 4.69) is 20.6 Å². The Bertz CT molecular complexity index is 1560. The minimum absolute atomic E-state index is 0.0252. The van der Waals surface area contributed by atoms with Crippen LogP contribution in [0.15, 0.2) is 73.2 Å². The Morgan fingerprint density at radius 1 is 0.981 bits per heavy atom. The number of aromatic nitrogens is 2. The second kappa shape index (κ2) is 20.5. The molecule has 1 aromatic heterocycles. The second-order valence-corrected chi connectivity index (χ2v) is 14.9. The molecule has 0 bridgehead atoms. The first-order chi connectivity index (χ1) is 25.1. The van der Waals surface area contributed by atoms with E-state index in [-0.39, 0.29) is 57.3 Å². The molecule has 2 aromatic carbocycles. The van der Waals surface area contributed by atoms with Crippen LogP contribution in [0.1, 0.15) is 84.0 Å². The molecule has 0 aliphatic carbocycles. The van der Waals surface area contributed by atoms with Crippen molar-refractivity contribution >= 4 is 23.8 Å². The maximum atomic E-state index is 15.4. The molecule has 0 saturated carbocycles. The number of H-pyrrole nitrogens is 1. The van der Waals surface area contributed by atoms with Crippen LogP contribution in [0.2, 0.25) is 0 Å². The molecule has 6 N–H and O–H groups in total. The summed E-state index contributed by atoms with van der Waals surface area (Å²) < 4.78 is 12.0. The Hall–Kier alpha value is -4.75. The zero-order valence-corrected chi connectivity index (χ0v) is 32.0. The van der Waals surface area contributed by atoms with Gasteiger partial charge in [0.2, 0.25) is 17.7 Å². The number of alkyl carbamates (subject to hydrolysis) is 1. The van der Waals surface area contributed by atoms with Gasteiger partial charge < -0.3 is 40.8 Å². The first-order valence-corrected chi connectivity index (χ1v) is 18.3. The molecule has 3 aromatic rings. The molecule has 3 rings (SSSR count). The number of imidazole rings is 1. The minimum Gasteiger partial charge on any atom is -0.444 e. The van der Waals surface area contributed by atoms with Gasteiger partial charge in [0.05, 0.1) is 31.2 Å². The lowest BCUT2D eigenvalue weighted by molar-refractivity contribution is -0.165. The van der Waals surface area contributed by atoms with Gasteiger partial charge in [0.15, 0.2) is 0 Å². The van der Waals surface area contributed by atoms with Crippen LogP contribution < -0.4 is 16.4 Å². The number of benzene rings is 2. The number of unbranched alkanes of at least 4 members (excludes halogenated alkanes) is 1.